The molecule has 2 aromatic carbocycles. The van der Waals surface area contributed by atoms with E-state index in [0.29, 0.717) is 50.0 Å². The van der Waals surface area contributed by atoms with E-state index in [1.54, 1.807) is 24.1 Å². The molecule has 8 heteroatoms. The van der Waals surface area contributed by atoms with Gasteiger partial charge in [0.15, 0.2) is 0 Å². The molecule has 0 radical (unpaired) electrons. The van der Waals surface area contributed by atoms with Gasteiger partial charge in [0, 0.05) is 51.9 Å². The van der Waals surface area contributed by atoms with E-state index in [1.807, 2.05) is 24.3 Å². The molecule has 0 saturated carbocycles. The number of likely N-dealkylation sites (N-methyl/N-ethyl adjacent to an activating group) is 1. The lowest BCUT2D eigenvalue weighted by Crippen LogP contribution is -2.59. The van der Waals surface area contributed by atoms with E-state index in [-0.39, 0.29) is 11.8 Å². The molecule has 0 aromatic heterocycles. The van der Waals surface area contributed by atoms with Gasteiger partial charge >= 0.3 is 0 Å². The summed E-state index contributed by atoms with van der Waals surface area (Å²) in [5.74, 6) is -0.159. The number of hydrogen-bond acceptors (Lipinski definition) is 5. The minimum absolute atomic E-state index is 0.0792. The molecule has 7 nitrogen and oxygen atoms in total. The highest BCUT2D eigenvalue weighted by Crippen LogP contribution is 2.28. The van der Waals surface area contributed by atoms with Crippen LogP contribution < -0.4 is 10.2 Å². The minimum Gasteiger partial charge on any atom is -0.378 e. The molecule has 4 rings (SSSR count). The number of ether oxygens (including phenoxy) is 1. The maximum Gasteiger partial charge on any atom is 0.254 e. The van der Waals surface area contributed by atoms with E-state index in [0.717, 1.165) is 24.3 Å². The number of benzene rings is 2. The van der Waals surface area contributed by atoms with Gasteiger partial charge in [-0.25, -0.2) is 0 Å². The van der Waals surface area contributed by atoms with E-state index in [2.05, 4.69) is 27.2 Å². The minimum atomic E-state index is -0.399. The highest BCUT2D eigenvalue weighted by atomic mass is 35.5. The quantitative estimate of drug-likeness (QED) is 0.747. The molecule has 170 valence electrons. The maximum absolute atomic E-state index is 13.4. The smallest absolute Gasteiger partial charge is 0.254 e. The van der Waals surface area contributed by atoms with Crippen molar-refractivity contribution in [3.8, 4) is 0 Å². The molecule has 1 atom stereocenters. The van der Waals surface area contributed by atoms with Crippen LogP contribution in [-0.2, 0) is 16.1 Å². The van der Waals surface area contributed by atoms with Crippen LogP contribution in [-0.4, -0.2) is 80.6 Å². The molecule has 2 aliphatic heterocycles. The fourth-order valence-electron chi connectivity index (χ4n) is 4.30. The SMILES string of the molecule is CNC(=O)[C@H]1CN(C(=O)c2ccc(Cl)c(N3CCOCC3)c2)CCN1Cc1ccccc1. The van der Waals surface area contributed by atoms with E-state index in [9.17, 15) is 9.59 Å². The third-order valence-electron chi connectivity index (χ3n) is 6.10. The first-order chi connectivity index (χ1) is 15.6. The normalized spacial score (nSPS) is 19.6. The summed E-state index contributed by atoms with van der Waals surface area (Å²) in [4.78, 5) is 32.1. The molecule has 32 heavy (non-hydrogen) atoms. The van der Waals surface area contributed by atoms with Crippen molar-refractivity contribution in [1.29, 1.82) is 0 Å². The van der Waals surface area contributed by atoms with Crippen molar-refractivity contribution >= 4 is 29.1 Å². The fourth-order valence-corrected chi connectivity index (χ4v) is 4.54. The molecule has 2 aromatic rings. The molecule has 2 fully saturated rings. The van der Waals surface area contributed by atoms with Gasteiger partial charge in [-0.1, -0.05) is 41.9 Å². The predicted octanol–water partition coefficient (Wildman–Crippen LogP) is 2.25. The van der Waals surface area contributed by atoms with Crippen LogP contribution in [0.3, 0.4) is 0 Å². The predicted molar refractivity (Wildman–Crippen MR) is 125 cm³/mol. The van der Waals surface area contributed by atoms with Gasteiger partial charge in [-0.15, -0.1) is 0 Å². The number of nitrogens with zero attached hydrogens (tertiary/aromatic N) is 3. The summed E-state index contributed by atoms with van der Waals surface area (Å²) in [7, 11) is 1.64. The number of carbonyl (C=O) groups excluding carboxylic acids is 2. The highest BCUT2D eigenvalue weighted by Gasteiger charge is 2.34. The summed E-state index contributed by atoms with van der Waals surface area (Å²) in [6.45, 7) is 4.99. The molecule has 0 bridgehead atoms. The number of morpholine rings is 1. The number of nitrogens with one attached hydrogen (secondary N) is 1. The van der Waals surface area contributed by atoms with Gasteiger partial charge in [0.25, 0.3) is 5.91 Å². The third-order valence-corrected chi connectivity index (χ3v) is 6.42. The second kappa shape index (κ2) is 10.3. The van der Waals surface area contributed by atoms with E-state index in [1.165, 1.54) is 0 Å². The lowest BCUT2D eigenvalue weighted by Gasteiger charge is -2.40. The molecule has 2 heterocycles. The Kier molecular flexibility index (Phi) is 7.29. The first-order valence-electron chi connectivity index (χ1n) is 11.0. The molecule has 0 aliphatic carbocycles. The number of amides is 2. The molecule has 2 aliphatic rings. The molecular weight excluding hydrogens is 428 g/mol. The van der Waals surface area contributed by atoms with Gasteiger partial charge in [-0.2, -0.15) is 0 Å². The van der Waals surface area contributed by atoms with Crippen molar-refractivity contribution in [3.63, 3.8) is 0 Å². The van der Waals surface area contributed by atoms with Gasteiger partial charge in [0.2, 0.25) is 5.91 Å². The van der Waals surface area contributed by atoms with Crippen LogP contribution in [0.1, 0.15) is 15.9 Å². The Morgan fingerprint density at radius 2 is 1.81 bits per heavy atom. The number of rotatable bonds is 5. The fraction of sp³-hybridized carbons (Fsp3) is 0.417. The zero-order chi connectivity index (χ0) is 22.5. The summed E-state index contributed by atoms with van der Waals surface area (Å²) in [6, 6.07) is 15.1. The molecule has 2 saturated heterocycles. The van der Waals surface area contributed by atoms with E-state index >= 15 is 0 Å². The Hall–Kier alpha value is -2.61. The van der Waals surface area contributed by atoms with Crippen LogP contribution >= 0.6 is 11.6 Å². The Balaban J connectivity index is 1.50. The Bertz CT molecular complexity index is 950. The standard InChI is InChI=1S/C24H29ClN4O3/c1-26-23(30)22-17-29(10-9-28(22)16-18-5-3-2-4-6-18)24(31)19-7-8-20(25)21(15-19)27-11-13-32-14-12-27/h2-8,15,22H,9-14,16-17H2,1H3,(H,26,30)/t22-/m1/s1. The van der Waals surface area contributed by atoms with Crippen LogP contribution in [0.2, 0.25) is 5.02 Å². The number of halogens is 1. The monoisotopic (exact) mass is 456 g/mol. The van der Waals surface area contributed by atoms with E-state index in [4.69, 9.17) is 16.3 Å². The third kappa shape index (κ3) is 5.06. The first kappa shape index (κ1) is 22.6. The van der Waals surface area contributed by atoms with Gasteiger partial charge in [-0.05, 0) is 23.8 Å². The van der Waals surface area contributed by atoms with Crippen molar-refractivity contribution in [2.45, 2.75) is 12.6 Å². The average molecular weight is 457 g/mol. The van der Waals surface area contributed by atoms with Gasteiger partial charge in [-0.3, -0.25) is 14.5 Å². The number of anilines is 1. The van der Waals surface area contributed by atoms with Crippen molar-refractivity contribution < 1.29 is 14.3 Å². The summed E-state index contributed by atoms with van der Waals surface area (Å²) in [5, 5.41) is 3.38. The zero-order valence-electron chi connectivity index (χ0n) is 18.3. The second-order valence-corrected chi connectivity index (χ2v) is 8.51. The highest BCUT2D eigenvalue weighted by molar-refractivity contribution is 6.33. The second-order valence-electron chi connectivity index (χ2n) is 8.10. The molecule has 1 N–H and O–H groups in total. The van der Waals surface area contributed by atoms with Crippen LogP contribution in [0.4, 0.5) is 5.69 Å². The Labute approximate surface area is 193 Å². The van der Waals surface area contributed by atoms with Gasteiger partial charge in [0.05, 0.1) is 23.9 Å². The molecular formula is C24H29ClN4O3. The van der Waals surface area contributed by atoms with Crippen molar-refractivity contribution in [2.75, 3.05) is 57.9 Å². The maximum atomic E-state index is 13.4. The van der Waals surface area contributed by atoms with Crippen molar-refractivity contribution in [3.05, 3.63) is 64.7 Å². The summed E-state index contributed by atoms with van der Waals surface area (Å²) in [6.07, 6.45) is 0. The Morgan fingerprint density at radius 1 is 1.06 bits per heavy atom. The largest absolute Gasteiger partial charge is 0.378 e. The molecule has 0 spiro atoms. The topological polar surface area (TPSA) is 65.1 Å². The van der Waals surface area contributed by atoms with E-state index < -0.39 is 6.04 Å². The average Bonchev–Trinajstić information content (AvgIpc) is 2.85. The zero-order valence-corrected chi connectivity index (χ0v) is 19.1. The number of piperazine rings is 1. The summed E-state index contributed by atoms with van der Waals surface area (Å²) in [5.41, 5.74) is 2.59. The lowest BCUT2D eigenvalue weighted by atomic mass is 10.1. The number of hydrogen-bond donors (Lipinski definition) is 1. The first-order valence-corrected chi connectivity index (χ1v) is 11.4. The molecule has 2 amide bonds. The van der Waals surface area contributed by atoms with Gasteiger partial charge in [0.1, 0.15) is 6.04 Å². The molecule has 0 unspecified atom stereocenters. The van der Waals surface area contributed by atoms with Crippen LogP contribution in [0.25, 0.3) is 0 Å². The van der Waals surface area contributed by atoms with Crippen molar-refractivity contribution in [1.82, 2.24) is 15.1 Å². The van der Waals surface area contributed by atoms with Crippen LogP contribution in [0.15, 0.2) is 48.5 Å². The Morgan fingerprint density at radius 3 is 2.53 bits per heavy atom. The van der Waals surface area contributed by atoms with Crippen molar-refractivity contribution in [2.24, 2.45) is 0 Å². The van der Waals surface area contributed by atoms with Crippen LogP contribution in [0.5, 0.6) is 0 Å². The summed E-state index contributed by atoms with van der Waals surface area (Å²) < 4.78 is 5.43. The lowest BCUT2D eigenvalue weighted by molar-refractivity contribution is -0.128. The summed E-state index contributed by atoms with van der Waals surface area (Å²) >= 11 is 6.43. The van der Waals surface area contributed by atoms with Crippen LogP contribution in [0, 0.1) is 0 Å². The number of carbonyl (C=O) groups is 2. The van der Waals surface area contributed by atoms with Gasteiger partial charge < -0.3 is 19.9 Å².